The molecule has 1 saturated heterocycles. The van der Waals surface area contributed by atoms with Gasteiger partial charge >= 0.3 is 0 Å². The predicted octanol–water partition coefficient (Wildman–Crippen LogP) is 0.954. The van der Waals surface area contributed by atoms with Crippen LogP contribution in [0.4, 0.5) is 5.95 Å². The van der Waals surface area contributed by atoms with E-state index in [1.165, 1.54) is 12.8 Å². The fraction of sp³-hybridized carbons (Fsp3) is 0.722. The monoisotopic (exact) mass is 345 g/mol. The van der Waals surface area contributed by atoms with Crippen LogP contribution < -0.4 is 15.5 Å². The van der Waals surface area contributed by atoms with Gasteiger partial charge in [0.05, 0.1) is 0 Å². The van der Waals surface area contributed by atoms with E-state index < -0.39 is 0 Å². The van der Waals surface area contributed by atoms with Crippen LogP contribution in [-0.2, 0) is 0 Å². The van der Waals surface area contributed by atoms with Crippen molar-refractivity contribution >= 4 is 11.9 Å². The van der Waals surface area contributed by atoms with Gasteiger partial charge in [-0.05, 0) is 44.7 Å². The summed E-state index contributed by atoms with van der Waals surface area (Å²) < 4.78 is 0. The van der Waals surface area contributed by atoms with Crippen molar-refractivity contribution in [1.82, 2.24) is 25.5 Å². The quantitative estimate of drug-likeness (QED) is 0.415. The molecule has 1 aromatic heterocycles. The lowest BCUT2D eigenvalue weighted by molar-refractivity contribution is 0.254. The summed E-state index contributed by atoms with van der Waals surface area (Å²) in [6, 6.07) is 1.86. The average Bonchev–Trinajstić information content (AvgIpc) is 3.49. The molecular weight excluding hydrogens is 314 g/mol. The zero-order chi connectivity index (χ0) is 17.3. The summed E-state index contributed by atoms with van der Waals surface area (Å²) >= 11 is 0. The zero-order valence-corrected chi connectivity index (χ0v) is 15.3. The highest BCUT2D eigenvalue weighted by Gasteiger charge is 2.20. The van der Waals surface area contributed by atoms with Gasteiger partial charge in [0.2, 0.25) is 5.95 Å². The van der Waals surface area contributed by atoms with E-state index in [9.17, 15) is 0 Å². The molecule has 2 aliphatic rings. The maximum absolute atomic E-state index is 4.66. The minimum atomic E-state index is 0.834. The van der Waals surface area contributed by atoms with E-state index in [0.717, 1.165) is 76.6 Å². The van der Waals surface area contributed by atoms with Crippen LogP contribution in [0, 0.1) is 5.92 Å². The molecule has 1 aromatic rings. The van der Waals surface area contributed by atoms with Crippen molar-refractivity contribution in [2.45, 2.75) is 26.2 Å². The number of hydrogen-bond donors (Lipinski definition) is 2. The maximum atomic E-state index is 4.66. The molecule has 7 heteroatoms. The van der Waals surface area contributed by atoms with Crippen LogP contribution in [0.1, 0.15) is 26.2 Å². The first-order valence-electron chi connectivity index (χ1n) is 9.61. The summed E-state index contributed by atoms with van der Waals surface area (Å²) in [4.78, 5) is 18.1. The van der Waals surface area contributed by atoms with Gasteiger partial charge in [0.25, 0.3) is 0 Å². The fourth-order valence-electron chi connectivity index (χ4n) is 3.00. The molecule has 1 aliphatic carbocycles. The lowest BCUT2D eigenvalue weighted by Gasteiger charge is -2.34. The minimum Gasteiger partial charge on any atom is -0.357 e. The Morgan fingerprint density at radius 2 is 1.92 bits per heavy atom. The van der Waals surface area contributed by atoms with Gasteiger partial charge in [-0.1, -0.05) is 0 Å². The Morgan fingerprint density at radius 3 is 2.60 bits per heavy atom. The molecular formula is C18H31N7. The third-order valence-electron chi connectivity index (χ3n) is 4.70. The molecule has 25 heavy (non-hydrogen) atoms. The predicted molar refractivity (Wildman–Crippen MR) is 102 cm³/mol. The van der Waals surface area contributed by atoms with Crippen molar-refractivity contribution in [3.63, 3.8) is 0 Å². The van der Waals surface area contributed by atoms with Gasteiger partial charge in [-0.3, -0.25) is 9.89 Å². The first kappa shape index (κ1) is 17.9. The molecule has 2 heterocycles. The molecule has 0 unspecified atom stereocenters. The maximum Gasteiger partial charge on any atom is 0.225 e. The molecule has 0 bridgehead atoms. The molecule has 0 radical (unpaired) electrons. The summed E-state index contributed by atoms with van der Waals surface area (Å²) in [5, 5.41) is 6.79. The van der Waals surface area contributed by atoms with Crippen molar-refractivity contribution in [2.24, 2.45) is 10.9 Å². The molecule has 0 aromatic carbocycles. The normalized spacial score (nSPS) is 19.1. The van der Waals surface area contributed by atoms with Gasteiger partial charge < -0.3 is 15.5 Å². The first-order chi connectivity index (χ1) is 12.3. The van der Waals surface area contributed by atoms with Gasteiger partial charge in [-0.25, -0.2) is 9.97 Å². The second-order valence-corrected chi connectivity index (χ2v) is 6.82. The number of hydrogen-bond acceptors (Lipinski definition) is 5. The second kappa shape index (κ2) is 9.56. The topological polar surface area (TPSA) is 68.7 Å². The number of piperazine rings is 1. The van der Waals surface area contributed by atoms with E-state index >= 15 is 0 Å². The molecule has 0 amide bonds. The fourth-order valence-corrected chi connectivity index (χ4v) is 3.00. The van der Waals surface area contributed by atoms with Crippen molar-refractivity contribution in [3.05, 3.63) is 18.5 Å². The molecule has 0 spiro atoms. The highest BCUT2D eigenvalue weighted by molar-refractivity contribution is 5.79. The zero-order valence-electron chi connectivity index (χ0n) is 15.3. The number of aromatic nitrogens is 2. The van der Waals surface area contributed by atoms with Gasteiger partial charge in [-0.2, -0.15) is 0 Å². The van der Waals surface area contributed by atoms with Crippen molar-refractivity contribution in [2.75, 3.05) is 57.3 Å². The van der Waals surface area contributed by atoms with Gasteiger partial charge in [0.15, 0.2) is 5.96 Å². The minimum absolute atomic E-state index is 0.834. The van der Waals surface area contributed by atoms with Crippen molar-refractivity contribution in [3.8, 4) is 0 Å². The van der Waals surface area contributed by atoms with Crippen LogP contribution >= 0.6 is 0 Å². The van der Waals surface area contributed by atoms with Crippen LogP contribution in [0.5, 0.6) is 0 Å². The third-order valence-corrected chi connectivity index (χ3v) is 4.70. The van der Waals surface area contributed by atoms with Crippen molar-refractivity contribution in [1.29, 1.82) is 0 Å². The van der Waals surface area contributed by atoms with E-state index in [1.807, 2.05) is 18.5 Å². The molecule has 7 nitrogen and oxygen atoms in total. The van der Waals surface area contributed by atoms with Gasteiger partial charge in [0, 0.05) is 58.2 Å². The number of nitrogens with one attached hydrogen (secondary N) is 2. The largest absolute Gasteiger partial charge is 0.357 e. The number of nitrogens with zero attached hydrogens (tertiary/aromatic N) is 5. The average molecular weight is 345 g/mol. The first-order valence-corrected chi connectivity index (χ1v) is 9.61. The molecule has 2 fully saturated rings. The Bertz CT molecular complexity index is 521. The van der Waals surface area contributed by atoms with E-state index in [1.54, 1.807) is 0 Å². The summed E-state index contributed by atoms with van der Waals surface area (Å²) in [5.41, 5.74) is 0. The summed E-state index contributed by atoms with van der Waals surface area (Å²) in [6.45, 7) is 10.3. The van der Waals surface area contributed by atoms with E-state index in [4.69, 9.17) is 0 Å². The molecule has 0 atom stereocenters. The SMILES string of the molecule is CCNC(=NCC1CC1)NCCCN1CCN(c2ncccn2)CC1. The standard InChI is InChI=1S/C18H31N7/c1-2-19-17(23-15-16-5-6-16)20-9-4-10-24-11-13-25(14-12-24)18-21-7-3-8-22-18/h3,7-8,16H,2,4-6,9-15H2,1H3,(H2,19,20,23). The Labute approximate surface area is 150 Å². The molecule has 1 aliphatic heterocycles. The number of anilines is 1. The van der Waals surface area contributed by atoms with Gasteiger partial charge in [-0.15, -0.1) is 0 Å². The number of aliphatic imine (C=N–C) groups is 1. The summed E-state index contributed by atoms with van der Waals surface area (Å²) in [6.07, 6.45) is 7.46. The molecule has 2 N–H and O–H groups in total. The lowest BCUT2D eigenvalue weighted by Crippen LogP contribution is -2.47. The summed E-state index contributed by atoms with van der Waals surface area (Å²) in [7, 11) is 0. The Kier molecular flexibility index (Phi) is 6.85. The number of guanidine groups is 1. The summed E-state index contributed by atoms with van der Waals surface area (Å²) in [5.74, 6) is 2.66. The molecule has 1 saturated carbocycles. The van der Waals surface area contributed by atoms with E-state index in [2.05, 4.69) is 42.3 Å². The Hall–Kier alpha value is -1.89. The molecule has 3 rings (SSSR count). The highest BCUT2D eigenvalue weighted by Crippen LogP contribution is 2.28. The van der Waals surface area contributed by atoms with E-state index in [0.29, 0.717) is 0 Å². The lowest BCUT2D eigenvalue weighted by atomic mass is 10.3. The Morgan fingerprint density at radius 1 is 1.16 bits per heavy atom. The van der Waals surface area contributed by atoms with E-state index in [-0.39, 0.29) is 0 Å². The number of rotatable bonds is 8. The smallest absolute Gasteiger partial charge is 0.225 e. The van der Waals surface area contributed by atoms with Crippen LogP contribution in [0.2, 0.25) is 0 Å². The van der Waals surface area contributed by atoms with Crippen LogP contribution in [0.3, 0.4) is 0 Å². The third kappa shape index (κ3) is 6.16. The second-order valence-electron chi connectivity index (χ2n) is 6.82. The van der Waals surface area contributed by atoms with Crippen LogP contribution in [-0.4, -0.2) is 73.2 Å². The van der Waals surface area contributed by atoms with Crippen LogP contribution in [0.25, 0.3) is 0 Å². The molecule has 138 valence electrons. The van der Waals surface area contributed by atoms with Crippen molar-refractivity contribution < 1.29 is 0 Å². The van der Waals surface area contributed by atoms with Crippen LogP contribution in [0.15, 0.2) is 23.5 Å². The van der Waals surface area contributed by atoms with Gasteiger partial charge in [0.1, 0.15) is 0 Å². The Balaban J connectivity index is 1.31. The highest BCUT2D eigenvalue weighted by atomic mass is 15.3.